The molecule has 0 amide bonds. The third-order valence-corrected chi connectivity index (χ3v) is 2.19. The van der Waals surface area contributed by atoms with Crippen LogP contribution in [0.2, 0.25) is 0 Å². The molecule has 0 fully saturated rings. The predicted octanol–water partition coefficient (Wildman–Crippen LogP) is 3.32. The zero-order valence-electron chi connectivity index (χ0n) is 7.45. The first-order chi connectivity index (χ1) is 6.72. The van der Waals surface area contributed by atoms with Crippen LogP contribution in [0.25, 0.3) is 0 Å². The van der Waals surface area contributed by atoms with Gasteiger partial charge in [0.05, 0.1) is 0 Å². The van der Waals surface area contributed by atoms with Crippen molar-refractivity contribution in [1.29, 1.82) is 0 Å². The molecule has 0 bridgehead atoms. The minimum atomic E-state index is -1.81. The van der Waals surface area contributed by atoms with Gasteiger partial charge in [-0.3, -0.25) is 0 Å². The molecular formula is C12H9F2. The summed E-state index contributed by atoms with van der Waals surface area (Å²) in [4.78, 5) is 0. The zero-order chi connectivity index (χ0) is 10.0. The van der Waals surface area contributed by atoms with Crippen molar-refractivity contribution in [3.8, 4) is 0 Å². The van der Waals surface area contributed by atoms with Crippen molar-refractivity contribution in [2.45, 2.75) is 5.67 Å². The summed E-state index contributed by atoms with van der Waals surface area (Å²) in [7, 11) is 0. The molecule has 0 spiro atoms. The van der Waals surface area contributed by atoms with Crippen molar-refractivity contribution in [2.24, 2.45) is 0 Å². The average molecular weight is 191 g/mol. The highest BCUT2D eigenvalue weighted by Gasteiger charge is 2.31. The average Bonchev–Trinajstić information content (AvgIpc) is 2.19. The lowest BCUT2D eigenvalue weighted by molar-refractivity contribution is 0.277. The van der Waals surface area contributed by atoms with E-state index in [-0.39, 0.29) is 5.56 Å². The van der Waals surface area contributed by atoms with Crippen LogP contribution in [-0.2, 0) is 5.67 Å². The van der Waals surface area contributed by atoms with Gasteiger partial charge >= 0.3 is 0 Å². The van der Waals surface area contributed by atoms with Crippen LogP contribution in [-0.4, -0.2) is 0 Å². The maximum atomic E-state index is 14.1. The van der Waals surface area contributed by atoms with Gasteiger partial charge in [-0.2, -0.15) is 0 Å². The lowest BCUT2D eigenvalue weighted by Crippen LogP contribution is -2.19. The third kappa shape index (κ3) is 1.48. The molecule has 0 saturated carbocycles. The maximum absolute atomic E-state index is 14.1. The van der Waals surface area contributed by atoms with Gasteiger partial charge < -0.3 is 0 Å². The van der Waals surface area contributed by atoms with Crippen LogP contribution in [0.5, 0.6) is 0 Å². The number of hydrogen-bond acceptors (Lipinski definition) is 0. The quantitative estimate of drug-likeness (QED) is 0.638. The van der Waals surface area contributed by atoms with Crippen LogP contribution in [0, 0.1) is 12.2 Å². The van der Waals surface area contributed by atoms with E-state index in [0.717, 1.165) is 0 Å². The van der Waals surface area contributed by atoms with Gasteiger partial charge in [-0.1, -0.05) is 36.4 Å². The Labute approximate surface area is 81.6 Å². The molecule has 2 rings (SSSR count). The summed E-state index contributed by atoms with van der Waals surface area (Å²) in [5.41, 5.74) is -1.75. The molecular weight excluding hydrogens is 182 g/mol. The molecule has 0 heterocycles. The van der Waals surface area contributed by atoms with Gasteiger partial charge in [-0.05, 0) is 12.1 Å². The zero-order valence-corrected chi connectivity index (χ0v) is 7.45. The molecule has 1 radical (unpaired) electrons. The largest absolute Gasteiger partial charge is 0.233 e. The summed E-state index contributed by atoms with van der Waals surface area (Å²) >= 11 is 0. The Morgan fingerprint density at radius 1 is 1.00 bits per heavy atom. The molecule has 0 aliphatic heterocycles. The molecule has 1 unspecified atom stereocenters. The van der Waals surface area contributed by atoms with E-state index in [1.54, 1.807) is 30.4 Å². The molecule has 1 aromatic rings. The van der Waals surface area contributed by atoms with E-state index in [1.165, 1.54) is 24.6 Å². The molecule has 2 heteroatoms. The van der Waals surface area contributed by atoms with Crippen LogP contribution in [0.4, 0.5) is 8.78 Å². The van der Waals surface area contributed by atoms with Crippen LogP contribution >= 0.6 is 0 Å². The topological polar surface area (TPSA) is 0 Å². The number of halogens is 2. The van der Waals surface area contributed by atoms with E-state index in [1.807, 2.05) is 0 Å². The lowest BCUT2D eigenvalue weighted by atomic mass is 9.89. The van der Waals surface area contributed by atoms with E-state index < -0.39 is 11.5 Å². The van der Waals surface area contributed by atoms with Gasteiger partial charge in [0.15, 0.2) is 5.67 Å². The number of allylic oxidation sites excluding steroid dienone is 4. The lowest BCUT2D eigenvalue weighted by Gasteiger charge is -2.22. The number of hydrogen-bond donors (Lipinski definition) is 0. The van der Waals surface area contributed by atoms with Crippen LogP contribution in [0.1, 0.15) is 5.56 Å². The predicted molar refractivity (Wildman–Crippen MR) is 51.8 cm³/mol. The fourth-order valence-corrected chi connectivity index (χ4v) is 1.46. The second-order valence-electron chi connectivity index (χ2n) is 3.16. The molecule has 1 atom stereocenters. The summed E-state index contributed by atoms with van der Waals surface area (Å²) in [5, 5.41) is 0. The van der Waals surface area contributed by atoms with Crippen molar-refractivity contribution < 1.29 is 8.78 Å². The Bertz CT molecular complexity index is 393. The van der Waals surface area contributed by atoms with E-state index in [2.05, 4.69) is 0 Å². The number of alkyl halides is 1. The molecule has 0 N–H and O–H groups in total. The third-order valence-electron chi connectivity index (χ3n) is 2.19. The first-order valence-electron chi connectivity index (χ1n) is 4.37. The van der Waals surface area contributed by atoms with Gasteiger partial charge in [0.25, 0.3) is 0 Å². The van der Waals surface area contributed by atoms with Crippen molar-refractivity contribution in [2.75, 3.05) is 0 Å². The molecule has 71 valence electrons. The fourth-order valence-electron chi connectivity index (χ4n) is 1.46. The Morgan fingerprint density at radius 3 is 2.43 bits per heavy atom. The summed E-state index contributed by atoms with van der Waals surface area (Å²) in [6.45, 7) is 0. The van der Waals surface area contributed by atoms with Gasteiger partial charge in [0.1, 0.15) is 5.82 Å². The smallest absolute Gasteiger partial charge is 0.164 e. The normalized spacial score (nSPS) is 25.3. The highest BCUT2D eigenvalue weighted by molar-refractivity contribution is 5.38. The van der Waals surface area contributed by atoms with Gasteiger partial charge in [0, 0.05) is 12.0 Å². The van der Waals surface area contributed by atoms with E-state index >= 15 is 0 Å². The van der Waals surface area contributed by atoms with Gasteiger partial charge in [-0.25, -0.2) is 8.78 Å². The fraction of sp³-hybridized carbons (Fsp3) is 0.0833. The van der Waals surface area contributed by atoms with Crippen molar-refractivity contribution >= 4 is 0 Å². The van der Waals surface area contributed by atoms with Crippen LogP contribution in [0.3, 0.4) is 0 Å². The summed E-state index contributed by atoms with van der Waals surface area (Å²) < 4.78 is 27.4. The monoisotopic (exact) mass is 191 g/mol. The Kier molecular flexibility index (Phi) is 2.20. The Balaban J connectivity index is 2.44. The first kappa shape index (κ1) is 9.13. The van der Waals surface area contributed by atoms with Gasteiger partial charge in [-0.15, -0.1) is 0 Å². The summed E-state index contributed by atoms with van der Waals surface area (Å²) in [6.07, 6.45) is 7.54. The Hall–Kier alpha value is -1.44. The van der Waals surface area contributed by atoms with Gasteiger partial charge in [0.2, 0.25) is 0 Å². The molecule has 1 aromatic carbocycles. The van der Waals surface area contributed by atoms with Crippen molar-refractivity contribution in [3.05, 3.63) is 66.4 Å². The maximum Gasteiger partial charge on any atom is 0.164 e. The number of benzene rings is 1. The number of rotatable bonds is 1. The summed E-state index contributed by atoms with van der Waals surface area (Å²) in [5.74, 6) is -0.522. The first-order valence-corrected chi connectivity index (χ1v) is 4.37. The van der Waals surface area contributed by atoms with Crippen molar-refractivity contribution in [1.82, 2.24) is 0 Å². The molecule has 0 saturated heterocycles. The SMILES string of the molecule is Fc1ccccc1C1(F)[CH]C=CC=C1. The minimum absolute atomic E-state index is 0.0561. The highest BCUT2D eigenvalue weighted by Crippen LogP contribution is 2.34. The highest BCUT2D eigenvalue weighted by atomic mass is 19.1. The van der Waals surface area contributed by atoms with Crippen LogP contribution in [0.15, 0.2) is 48.6 Å². The molecule has 0 nitrogen and oxygen atoms in total. The van der Waals surface area contributed by atoms with E-state index in [0.29, 0.717) is 0 Å². The summed E-state index contributed by atoms with van der Waals surface area (Å²) in [6, 6.07) is 5.89. The molecule has 1 aliphatic carbocycles. The standard InChI is InChI=1S/C12H9F2/c13-11-7-3-2-6-10(11)12(14)8-4-1-5-9-12/h1-9H. The molecule has 14 heavy (non-hydrogen) atoms. The van der Waals surface area contributed by atoms with Crippen molar-refractivity contribution in [3.63, 3.8) is 0 Å². The molecule has 0 aromatic heterocycles. The second kappa shape index (κ2) is 3.37. The van der Waals surface area contributed by atoms with Crippen LogP contribution < -0.4 is 0 Å². The van der Waals surface area contributed by atoms with E-state index in [4.69, 9.17) is 0 Å². The molecule has 1 aliphatic rings. The van der Waals surface area contributed by atoms with E-state index in [9.17, 15) is 8.78 Å². The second-order valence-corrected chi connectivity index (χ2v) is 3.16. The Morgan fingerprint density at radius 2 is 1.79 bits per heavy atom. The minimum Gasteiger partial charge on any atom is -0.233 e.